The fraction of sp³-hybridized carbons (Fsp3) is 0.200. The number of anilines is 1. The Balaban J connectivity index is 0.00000205. The fourth-order valence-corrected chi connectivity index (χ4v) is 3.65. The smallest absolute Gasteiger partial charge is 0.573 e. The zero-order valence-corrected chi connectivity index (χ0v) is 15.1. The largest absolute Gasteiger partial charge is 0.870 e. The molecule has 0 saturated heterocycles. The molecule has 0 atom stereocenters. The van der Waals surface area contributed by atoms with Gasteiger partial charge in [0.25, 0.3) is 5.88 Å². The number of ether oxygens (including phenoxy) is 1. The molecule has 0 spiro atoms. The Kier molecular flexibility index (Phi) is 4.44. The topological polar surface area (TPSA) is 82.5 Å². The number of halogens is 3. The minimum atomic E-state index is -4.74. The normalized spacial score (nSPS) is 18.1. The van der Waals surface area contributed by atoms with E-state index in [0.717, 1.165) is 34.7 Å². The van der Waals surface area contributed by atoms with Crippen LogP contribution in [0.4, 0.5) is 18.9 Å². The van der Waals surface area contributed by atoms with Gasteiger partial charge >= 0.3 is 6.36 Å². The van der Waals surface area contributed by atoms with E-state index in [-0.39, 0.29) is 17.1 Å². The lowest BCUT2D eigenvalue weighted by Crippen LogP contribution is -2.90. The van der Waals surface area contributed by atoms with Crippen LogP contribution in [0.15, 0.2) is 60.1 Å². The lowest BCUT2D eigenvalue weighted by Gasteiger charge is -2.22. The van der Waals surface area contributed by atoms with Gasteiger partial charge in [0.1, 0.15) is 5.75 Å². The molecule has 0 unspecified atom stereocenters. The van der Waals surface area contributed by atoms with Gasteiger partial charge in [-0.1, -0.05) is 18.2 Å². The molecule has 2 aromatic rings. The van der Waals surface area contributed by atoms with Crippen LogP contribution in [-0.4, -0.2) is 27.9 Å². The van der Waals surface area contributed by atoms with E-state index in [2.05, 4.69) is 15.8 Å². The number of nitrogens with zero attached hydrogens (tertiary/aromatic N) is 2. The monoisotopic (exact) mass is 405 g/mol. The Labute approximate surface area is 163 Å². The van der Waals surface area contributed by atoms with E-state index in [1.165, 1.54) is 24.3 Å². The van der Waals surface area contributed by atoms with Crippen LogP contribution in [-0.2, 0) is 0 Å². The zero-order chi connectivity index (χ0) is 19.5. The first-order valence-corrected chi connectivity index (χ1v) is 8.94. The second kappa shape index (κ2) is 6.71. The number of alkyl halides is 3. The summed E-state index contributed by atoms with van der Waals surface area (Å²) in [5.74, 6) is -0.233. The molecule has 0 radical (unpaired) electrons. The third-order valence-electron chi connectivity index (χ3n) is 5.03. The van der Waals surface area contributed by atoms with Crippen LogP contribution in [0.1, 0.15) is 12.8 Å². The SMILES string of the molecule is OC1=C2C(=c3ccccc3=CN2C2CC2)[NH2+]N1c1ccc(OC(F)(F)F)cc1.[OH-]. The summed E-state index contributed by atoms with van der Waals surface area (Å²) < 4.78 is 41.0. The summed E-state index contributed by atoms with van der Waals surface area (Å²) in [5.41, 5.74) is 4.01. The van der Waals surface area contributed by atoms with Gasteiger partial charge in [0.2, 0.25) is 0 Å². The van der Waals surface area contributed by atoms with Crippen molar-refractivity contribution >= 4 is 17.6 Å². The zero-order valence-electron chi connectivity index (χ0n) is 15.1. The van der Waals surface area contributed by atoms with Gasteiger partial charge in [0, 0.05) is 22.7 Å². The number of rotatable bonds is 3. The Bertz CT molecular complexity index is 1090. The van der Waals surface area contributed by atoms with Gasteiger partial charge in [-0.3, -0.25) is 0 Å². The number of fused-ring (bicyclic) bond motifs is 2. The molecule has 2 aliphatic heterocycles. The summed E-state index contributed by atoms with van der Waals surface area (Å²) in [7, 11) is 0. The quantitative estimate of drug-likeness (QED) is 0.756. The highest BCUT2D eigenvalue weighted by molar-refractivity contribution is 5.68. The lowest BCUT2D eigenvalue weighted by molar-refractivity contribution is -0.568. The molecule has 3 aliphatic rings. The van der Waals surface area contributed by atoms with Crippen LogP contribution in [0.25, 0.3) is 11.9 Å². The number of benzene rings is 2. The number of quaternary nitrogens is 1. The summed E-state index contributed by atoms with van der Waals surface area (Å²) in [4.78, 5) is 2.10. The Hall–Kier alpha value is -3.17. The summed E-state index contributed by atoms with van der Waals surface area (Å²) >= 11 is 0. The van der Waals surface area contributed by atoms with E-state index in [1.54, 1.807) is 5.01 Å². The van der Waals surface area contributed by atoms with Crippen LogP contribution in [0.2, 0.25) is 0 Å². The van der Waals surface area contributed by atoms with E-state index in [0.29, 0.717) is 11.7 Å². The summed E-state index contributed by atoms with van der Waals surface area (Å²) in [5, 5.41) is 14.6. The van der Waals surface area contributed by atoms with Crippen molar-refractivity contribution in [2.75, 3.05) is 5.01 Å². The molecule has 6 nitrogen and oxygen atoms in total. The molecule has 2 aromatic carbocycles. The molecule has 9 heteroatoms. The number of hydrogen-bond acceptors (Lipinski definition) is 5. The minimum absolute atomic E-state index is 0. The van der Waals surface area contributed by atoms with Crippen molar-refractivity contribution in [2.24, 2.45) is 0 Å². The van der Waals surface area contributed by atoms with Gasteiger partial charge in [0.05, 0.1) is 5.69 Å². The number of hydrogen-bond donors (Lipinski definition) is 2. The van der Waals surface area contributed by atoms with E-state index in [4.69, 9.17) is 0 Å². The predicted octanol–water partition coefficient (Wildman–Crippen LogP) is 1.46. The standard InChI is InChI=1S/C20H16F3N3O2.H2O/c21-20(22,23)28-15-9-7-14(8-10-15)26-19(27)18-17(24-26)16-4-2-1-3-12(16)11-25(18)13-5-6-13;/h1-4,7-11,13,24,27H,5-6H2;1H2. The molecule has 1 fully saturated rings. The van der Waals surface area contributed by atoms with Crippen molar-refractivity contribution in [3.05, 3.63) is 70.5 Å². The average molecular weight is 405 g/mol. The van der Waals surface area contributed by atoms with Gasteiger partial charge < -0.3 is 20.2 Å². The van der Waals surface area contributed by atoms with Crippen LogP contribution >= 0.6 is 0 Å². The average Bonchev–Trinajstić information content (AvgIpc) is 3.44. The van der Waals surface area contributed by atoms with Crippen LogP contribution in [0.5, 0.6) is 5.75 Å². The Morgan fingerprint density at radius 3 is 2.38 bits per heavy atom. The van der Waals surface area contributed by atoms with Crippen molar-refractivity contribution in [2.45, 2.75) is 25.2 Å². The van der Waals surface area contributed by atoms with Gasteiger partial charge in [-0.05, 0) is 43.2 Å². The third-order valence-corrected chi connectivity index (χ3v) is 5.03. The highest BCUT2D eigenvalue weighted by Crippen LogP contribution is 2.36. The van der Waals surface area contributed by atoms with Crippen LogP contribution in [0, 0.1) is 0 Å². The summed E-state index contributed by atoms with van der Waals surface area (Å²) in [6, 6.07) is 13.8. The predicted molar refractivity (Wildman–Crippen MR) is 97.5 cm³/mol. The lowest BCUT2D eigenvalue weighted by atomic mass is 10.1. The minimum Gasteiger partial charge on any atom is -0.870 e. The maximum Gasteiger partial charge on any atom is 0.573 e. The van der Waals surface area contributed by atoms with E-state index in [9.17, 15) is 18.3 Å². The maximum absolute atomic E-state index is 12.4. The summed E-state index contributed by atoms with van der Waals surface area (Å²) in [6.07, 6.45) is -0.557. The molecule has 5 rings (SSSR count). The van der Waals surface area contributed by atoms with E-state index < -0.39 is 6.36 Å². The summed E-state index contributed by atoms with van der Waals surface area (Å²) in [6.45, 7) is 0. The molecule has 152 valence electrons. The molecule has 1 aliphatic carbocycles. The number of aliphatic hydroxyl groups excluding tert-OH is 1. The molecule has 0 bridgehead atoms. The van der Waals surface area contributed by atoms with Gasteiger partial charge in [-0.2, -0.15) is 5.01 Å². The van der Waals surface area contributed by atoms with Gasteiger partial charge in [0.15, 0.2) is 11.4 Å². The second-order valence-electron chi connectivity index (χ2n) is 6.98. The van der Waals surface area contributed by atoms with Crippen LogP contribution < -0.4 is 25.6 Å². The van der Waals surface area contributed by atoms with Crippen LogP contribution in [0.3, 0.4) is 0 Å². The van der Waals surface area contributed by atoms with Gasteiger partial charge in [-0.25, -0.2) is 5.43 Å². The first-order chi connectivity index (χ1) is 13.4. The second-order valence-corrected chi connectivity index (χ2v) is 6.98. The number of nitrogens with two attached hydrogens (primary N) is 1. The van der Waals surface area contributed by atoms with Crippen molar-refractivity contribution in [3.8, 4) is 5.75 Å². The van der Waals surface area contributed by atoms with E-state index in [1.807, 2.05) is 29.7 Å². The number of aliphatic hydroxyl groups is 1. The molecule has 0 amide bonds. The van der Waals surface area contributed by atoms with Crippen molar-refractivity contribution in [1.29, 1.82) is 0 Å². The van der Waals surface area contributed by atoms with Gasteiger partial charge in [-0.15, -0.1) is 13.2 Å². The molecule has 1 saturated carbocycles. The highest BCUT2D eigenvalue weighted by Gasteiger charge is 2.42. The maximum atomic E-state index is 12.4. The first-order valence-electron chi connectivity index (χ1n) is 8.94. The Morgan fingerprint density at radius 1 is 1.03 bits per heavy atom. The Morgan fingerprint density at radius 2 is 1.72 bits per heavy atom. The van der Waals surface area contributed by atoms with Crippen molar-refractivity contribution < 1.29 is 33.9 Å². The molecule has 0 aromatic heterocycles. The first kappa shape index (κ1) is 19.2. The fourth-order valence-electron chi connectivity index (χ4n) is 3.65. The van der Waals surface area contributed by atoms with Crippen molar-refractivity contribution in [1.82, 2.24) is 4.90 Å². The molecule has 2 heterocycles. The van der Waals surface area contributed by atoms with E-state index >= 15 is 0 Å². The van der Waals surface area contributed by atoms with Crippen molar-refractivity contribution in [3.63, 3.8) is 0 Å². The molecule has 4 N–H and O–H groups in total. The third kappa shape index (κ3) is 3.39. The molecular formula is C20H18F3N3O3. The molecule has 29 heavy (non-hydrogen) atoms. The highest BCUT2D eigenvalue weighted by atomic mass is 19.4. The molecular weight excluding hydrogens is 387 g/mol.